The molecule has 7 rings (SSSR count). The molecule has 1 saturated carbocycles. The molecule has 4 saturated heterocycles. The van der Waals surface area contributed by atoms with Gasteiger partial charge in [0.15, 0.2) is 11.9 Å². The number of ether oxygens (including phenoxy) is 3. The molecule has 9 nitrogen and oxygen atoms in total. The zero-order valence-corrected chi connectivity index (χ0v) is 24.2. The van der Waals surface area contributed by atoms with Crippen molar-refractivity contribution >= 4 is 34.2 Å². The smallest absolute Gasteiger partial charge is 0.309 e. The largest absolute Gasteiger partial charge is 0.435 e. The molecule has 0 radical (unpaired) electrons. The summed E-state index contributed by atoms with van der Waals surface area (Å²) >= 11 is 6.08. The Balaban J connectivity index is 0.963. The van der Waals surface area contributed by atoms with Crippen molar-refractivity contribution in [3.8, 4) is 0 Å². The SMILES string of the molecule is C[C@H]1[C@@H](OC(=O)CCNCCCNc2ccnc3cc(Cl)ccc23)O[C@@H]2O[C@@]3(C)CC[C@H]4[C@H](C)CC[C@@H]1[C@@]24OO3. The van der Waals surface area contributed by atoms with Crippen LogP contribution in [-0.4, -0.2) is 54.6 Å². The number of aromatic nitrogens is 1. The van der Waals surface area contributed by atoms with Crippen molar-refractivity contribution in [2.45, 2.75) is 83.3 Å². The molecule has 5 fully saturated rings. The molecule has 0 amide bonds. The van der Waals surface area contributed by atoms with Crippen LogP contribution in [0.15, 0.2) is 30.5 Å². The van der Waals surface area contributed by atoms with Crippen molar-refractivity contribution in [1.29, 1.82) is 0 Å². The molecular formula is C30H40ClN3O6. The lowest BCUT2D eigenvalue weighted by molar-refractivity contribution is -0.576. The number of hydrogen-bond donors (Lipinski definition) is 2. The average molecular weight is 574 g/mol. The summed E-state index contributed by atoms with van der Waals surface area (Å²) in [5, 5.41) is 8.52. The molecule has 40 heavy (non-hydrogen) atoms. The van der Waals surface area contributed by atoms with Gasteiger partial charge in [-0.3, -0.25) is 9.78 Å². The average Bonchev–Trinajstić information content (AvgIpc) is 3.16. The van der Waals surface area contributed by atoms with Gasteiger partial charge in [0.05, 0.1) is 11.9 Å². The summed E-state index contributed by atoms with van der Waals surface area (Å²) in [4.78, 5) is 29.2. The number of esters is 1. The number of rotatable bonds is 9. The Morgan fingerprint density at radius 1 is 1.12 bits per heavy atom. The van der Waals surface area contributed by atoms with Crippen LogP contribution in [0.4, 0.5) is 5.69 Å². The molecule has 1 aliphatic carbocycles. The predicted molar refractivity (Wildman–Crippen MR) is 150 cm³/mol. The highest BCUT2D eigenvalue weighted by molar-refractivity contribution is 6.31. The summed E-state index contributed by atoms with van der Waals surface area (Å²) in [6.07, 6.45) is 5.48. The van der Waals surface area contributed by atoms with Gasteiger partial charge in [-0.1, -0.05) is 25.4 Å². The highest BCUT2D eigenvalue weighted by Gasteiger charge is 2.69. The third kappa shape index (κ3) is 5.21. The highest BCUT2D eigenvalue weighted by atomic mass is 35.5. The first kappa shape index (κ1) is 28.1. The van der Waals surface area contributed by atoms with E-state index in [1.165, 1.54) is 0 Å². The van der Waals surface area contributed by atoms with Crippen LogP contribution in [0.1, 0.15) is 59.3 Å². The molecule has 8 atom stereocenters. The number of benzene rings is 1. The van der Waals surface area contributed by atoms with Gasteiger partial charge in [-0.05, 0) is 75.3 Å². The molecule has 2 N–H and O–H groups in total. The number of anilines is 1. The van der Waals surface area contributed by atoms with Gasteiger partial charge in [0, 0.05) is 53.6 Å². The van der Waals surface area contributed by atoms with E-state index in [0.717, 1.165) is 61.8 Å². The van der Waals surface area contributed by atoms with E-state index < -0.39 is 24.0 Å². The first-order valence-corrected chi connectivity index (χ1v) is 15.1. The topological polar surface area (TPSA) is 100 Å². The number of carbonyl (C=O) groups excluding carboxylic acids is 1. The molecule has 2 bridgehead atoms. The first-order valence-electron chi connectivity index (χ1n) is 14.7. The van der Waals surface area contributed by atoms with Crippen LogP contribution in [0.25, 0.3) is 10.9 Å². The Morgan fingerprint density at radius 2 is 2.00 bits per heavy atom. The minimum Gasteiger partial charge on any atom is -0.435 e. The van der Waals surface area contributed by atoms with Crippen molar-refractivity contribution in [3.05, 3.63) is 35.5 Å². The van der Waals surface area contributed by atoms with E-state index in [-0.39, 0.29) is 30.1 Å². The van der Waals surface area contributed by atoms with Gasteiger partial charge in [-0.25, -0.2) is 9.78 Å². The van der Waals surface area contributed by atoms with Gasteiger partial charge in [0.25, 0.3) is 0 Å². The molecular weight excluding hydrogens is 534 g/mol. The van der Waals surface area contributed by atoms with E-state index in [1.54, 1.807) is 6.20 Å². The molecule has 1 spiro atoms. The Kier molecular flexibility index (Phi) is 7.98. The maximum Gasteiger partial charge on any atom is 0.309 e. The molecule has 0 unspecified atom stereocenters. The highest BCUT2D eigenvalue weighted by Crippen LogP contribution is 2.60. The lowest BCUT2D eigenvalue weighted by Crippen LogP contribution is -2.70. The van der Waals surface area contributed by atoms with Crippen molar-refractivity contribution in [2.24, 2.45) is 23.7 Å². The van der Waals surface area contributed by atoms with E-state index in [4.69, 9.17) is 35.6 Å². The van der Waals surface area contributed by atoms with Gasteiger partial charge >= 0.3 is 5.97 Å². The molecule has 10 heteroatoms. The van der Waals surface area contributed by atoms with Crippen LogP contribution in [0.2, 0.25) is 5.02 Å². The quantitative estimate of drug-likeness (QED) is 0.231. The molecule has 4 aliphatic heterocycles. The number of nitrogens with zero attached hydrogens (tertiary/aromatic N) is 1. The van der Waals surface area contributed by atoms with Crippen molar-refractivity contribution in [1.82, 2.24) is 10.3 Å². The molecule has 2 aromatic rings. The zero-order chi connectivity index (χ0) is 27.9. The Labute approximate surface area is 240 Å². The number of fused-ring (bicyclic) bond motifs is 3. The van der Waals surface area contributed by atoms with Gasteiger partial charge in [-0.15, -0.1) is 0 Å². The lowest BCUT2D eigenvalue weighted by atomic mass is 9.58. The normalized spacial score (nSPS) is 36.6. The molecule has 218 valence electrons. The maximum absolute atomic E-state index is 12.8. The van der Waals surface area contributed by atoms with Crippen LogP contribution >= 0.6 is 11.6 Å². The van der Waals surface area contributed by atoms with Crippen LogP contribution < -0.4 is 10.6 Å². The fourth-order valence-electron chi connectivity index (χ4n) is 7.22. The summed E-state index contributed by atoms with van der Waals surface area (Å²) in [6.45, 7) is 8.39. The van der Waals surface area contributed by atoms with E-state index in [2.05, 4.69) is 29.5 Å². The summed E-state index contributed by atoms with van der Waals surface area (Å²) < 4.78 is 18.6. The molecule has 5 heterocycles. The van der Waals surface area contributed by atoms with Gasteiger partial charge in [0.1, 0.15) is 0 Å². The third-order valence-corrected chi connectivity index (χ3v) is 9.64. The fourth-order valence-corrected chi connectivity index (χ4v) is 7.39. The number of pyridine rings is 1. The maximum atomic E-state index is 12.8. The predicted octanol–water partition coefficient (Wildman–Crippen LogP) is 5.42. The molecule has 5 aliphatic rings. The van der Waals surface area contributed by atoms with Crippen LogP contribution in [0.3, 0.4) is 0 Å². The number of hydrogen-bond acceptors (Lipinski definition) is 9. The van der Waals surface area contributed by atoms with Crippen LogP contribution in [0, 0.1) is 23.7 Å². The second-order valence-electron chi connectivity index (χ2n) is 12.1. The number of carbonyl (C=O) groups is 1. The first-order chi connectivity index (χ1) is 19.3. The second-order valence-corrected chi connectivity index (χ2v) is 12.5. The summed E-state index contributed by atoms with van der Waals surface area (Å²) in [7, 11) is 0. The summed E-state index contributed by atoms with van der Waals surface area (Å²) in [6, 6.07) is 7.68. The minimum atomic E-state index is -0.844. The molecule has 1 aromatic heterocycles. The third-order valence-electron chi connectivity index (χ3n) is 9.40. The van der Waals surface area contributed by atoms with Crippen LogP contribution in [0.5, 0.6) is 0 Å². The molecule has 1 aromatic carbocycles. The van der Waals surface area contributed by atoms with Crippen molar-refractivity contribution < 1.29 is 28.8 Å². The van der Waals surface area contributed by atoms with Crippen LogP contribution in [-0.2, 0) is 28.8 Å². The Morgan fingerprint density at radius 3 is 2.88 bits per heavy atom. The standard InChI is InChI=1S/C30H40ClN3O6/c1-18-5-8-23-19(2)27(37-28-30(23)22(18)9-12-29(3,38-28)39-40-30)36-26(35)11-15-32-13-4-14-33-24-10-16-34-25-17-20(31)6-7-21(24)25/h6-7,10,16-19,22-23,27-28,32H,4-5,8-9,11-15H2,1-3H3,(H,33,34)/t18-,19-,22+,23+,27+,28-,29-,30-/m1/s1. The monoisotopic (exact) mass is 573 g/mol. The summed E-state index contributed by atoms with van der Waals surface area (Å²) in [5.41, 5.74) is 1.25. The van der Waals surface area contributed by atoms with Gasteiger partial charge in [-0.2, -0.15) is 0 Å². The zero-order valence-electron chi connectivity index (χ0n) is 23.5. The van der Waals surface area contributed by atoms with Crippen molar-refractivity contribution in [3.63, 3.8) is 0 Å². The number of halogens is 1. The summed E-state index contributed by atoms with van der Waals surface area (Å²) in [5.74, 6) is -0.232. The van der Waals surface area contributed by atoms with Crippen molar-refractivity contribution in [2.75, 3.05) is 25.0 Å². The van der Waals surface area contributed by atoms with E-state index in [9.17, 15) is 4.79 Å². The van der Waals surface area contributed by atoms with Gasteiger partial charge in [0.2, 0.25) is 12.1 Å². The fraction of sp³-hybridized carbons (Fsp3) is 0.667. The lowest BCUT2D eigenvalue weighted by Gasteiger charge is -2.59. The second kappa shape index (κ2) is 11.3. The Hall–Kier alpha value is -2.01. The number of nitrogens with one attached hydrogen (secondary N) is 2. The Bertz CT molecular complexity index is 1230. The van der Waals surface area contributed by atoms with E-state index in [0.29, 0.717) is 17.5 Å². The van der Waals surface area contributed by atoms with E-state index >= 15 is 0 Å². The van der Waals surface area contributed by atoms with E-state index in [1.807, 2.05) is 31.2 Å². The minimum absolute atomic E-state index is 0.0239. The van der Waals surface area contributed by atoms with Gasteiger partial charge < -0.3 is 24.8 Å².